The first-order valence-corrected chi connectivity index (χ1v) is 10.6. The Labute approximate surface area is 179 Å². The number of allylic oxidation sites excluding steroid dienone is 1. The molecule has 30 heavy (non-hydrogen) atoms. The zero-order valence-corrected chi connectivity index (χ0v) is 17.6. The molecule has 150 valence electrons. The fraction of sp³-hybridized carbons (Fsp3) is 0.167. The summed E-state index contributed by atoms with van der Waals surface area (Å²) in [5, 5.41) is 7.89. The number of fused-ring (bicyclic) bond motifs is 1. The van der Waals surface area contributed by atoms with Crippen molar-refractivity contribution in [2.45, 2.75) is 11.8 Å². The largest absolute Gasteiger partial charge is 0.493 e. The first kappa shape index (κ1) is 18.6. The molecule has 5 nitrogen and oxygen atoms in total. The normalized spacial score (nSPS) is 17.5. The highest BCUT2D eigenvalue weighted by Crippen LogP contribution is 2.45. The van der Waals surface area contributed by atoms with Crippen LogP contribution in [0.25, 0.3) is 16.6 Å². The lowest BCUT2D eigenvalue weighted by Gasteiger charge is -2.34. The van der Waals surface area contributed by atoms with Crippen LogP contribution in [0.1, 0.15) is 22.4 Å². The third-order valence-electron chi connectivity index (χ3n) is 5.73. The van der Waals surface area contributed by atoms with Crippen LogP contribution >= 0.6 is 11.3 Å². The quantitative estimate of drug-likeness (QED) is 0.492. The number of rotatable bonds is 5. The van der Waals surface area contributed by atoms with Crippen molar-refractivity contribution in [1.29, 1.82) is 0 Å². The average Bonchev–Trinajstić information content (AvgIpc) is 3.48. The van der Waals surface area contributed by atoms with Crippen LogP contribution < -0.4 is 9.47 Å². The fourth-order valence-corrected chi connectivity index (χ4v) is 4.82. The van der Waals surface area contributed by atoms with Gasteiger partial charge in [0.25, 0.3) is 0 Å². The molecule has 0 aliphatic heterocycles. The maximum absolute atomic E-state index is 5.60. The summed E-state index contributed by atoms with van der Waals surface area (Å²) in [6.07, 6.45) is 7.10. The topological polar surface area (TPSA) is 60.0 Å². The highest BCUT2D eigenvalue weighted by atomic mass is 32.1. The molecule has 1 atom stereocenters. The SMILES string of the molecule is COc1ccc(C2(c3ccccc3)C=Cc3c(-c4cncs4)n[nH]c3C2)cc1OC. The van der Waals surface area contributed by atoms with E-state index in [1.807, 2.05) is 23.8 Å². The van der Waals surface area contributed by atoms with Gasteiger partial charge in [-0.1, -0.05) is 48.6 Å². The van der Waals surface area contributed by atoms with Crippen LogP contribution in [-0.2, 0) is 11.8 Å². The second-order valence-electron chi connectivity index (χ2n) is 7.25. The molecule has 2 aromatic carbocycles. The van der Waals surface area contributed by atoms with Crippen molar-refractivity contribution in [1.82, 2.24) is 15.2 Å². The number of aromatic nitrogens is 3. The molecule has 0 fully saturated rings. The molecule has 0 spiro atoms. The fourth-order valence-electron chi connectivity index (χ4n) is 4.20. The van der Waals surface area contributed by atoms with E-state index in [1.54, 1.807) is 25.6 Å². The Bertz CT molecular complexity index is 1200. The maximum Gasteiger partial charge on any atom is 0.161 e. The van der Waals surface area contributed by atoms with E-state index in [1.165, 1.54) is 5.56 Å². The Balaban J connectivity index is 1.67. The lowest BCUT2D eigenvalue weighted by molar-refractivity contribution is 0.354. The van der Waals surface area contributed by atoms with Gasteiger partial charge in [0.1, 0.15) is 5.69 Å². The predicted molar refractivity (Wildman–Crippen MR) is 119 cm³/mol. The van der Waals surface area contributed by atoms with Crippen molar-refractivity contribution < 1.29 is 9.47 Å². The number of nitrogens with one attached hydrogen (secondary N) is 1. The zero-order valence-electron chi connectivity index (χ0n) is 16.8. The third-order valence-corrected chi connectivity index (χ3v) is 6.51. The smallest absolute Gasteiger partial charge is 0.161 e. The lowest BCUT2D eigenvalue weighted by Crippen LogP contribution is -2.30. The summed E-state index contributed by atoms with van der Waals surface area (Å²) in [7, 11) is 3.32. The van der Waals surface area contributed by atoms with Crippen molar-refractivity contribution >= 4 is 17.4 Å². The van der Waals surface area contributed by atoms with E-state index in [2.05, 4.69) is 63.7 Å². The number of ether oxygens (including phenoxy) is 2. The van der Waals surface area contributed by atoms with E-state index < -0.39 is 0 Å². The Morgan fingerprint density at radius 3 is 2.57 bits per heavy atom. The van der Waals surface area contributed by atoms with Crippen LogP contribution in [0.3, 0.4) is 0 Å². The molecule has 1 aliphatic rings. The summed E-state index contributed by atoms with van der Waals surface area (Å²) in [6.45, 7) is 0. The lowest BCUT2D eigenvalue weighted by atomic mass is 9.68. The van der Waals surface area contributed by atoms with E-state index in [-0.39, 0.29) is 5.41 Å². The van der Waals surface area contributed by atoms with Gasteiger partial charge in [-0.15, -0.1) is 11.3 Å². The van der Waals surface area contributed by atoms with Gasteiger partial charge >= 0.3 is 0 Å². The van der Waals surface area contributed by atoms with Gasteiger partial charge in [0.15, 0.2) is 11.5 Å². The van der Waals surface area contributed by atoms with Gasteiger partial charge in [0.05, 0.1) is 24.6 Å². The molecule has 0 saturated heterocycles. The van der Waals surface area contributed by atoms with Crippen LogP contribution in [0.2, 0.25) is 0 Å². The van der Waals surface area contributed by atoms with E-state index in [4.69, 9.17) is 9.47 Å². The molecule has 0 radical (unpaired) electrons. The number of aromatic amines is 1. The second-order valence-corrected chi connectivity index (χ2v) is 8.13. The second kappa shape index (κ2) is 7.46. The van der Waals surface area contributed by atoms with Gasteiger partial charge in [-0.2, -0.15) is 5.10 Å². The van der Waals surface area contributed by atoms with Crippen LogP contribution in [0.15, 0.2) is 66.3 Å². The average molecular weight is 416 g/mol. The first-order chi connectivity index (χ1) is 14.7. The molecule has 1 N–H and O–H groups in total. The van der Waals surface area contributed by atoms with E-state index in [0.29, 0.717) is 0 Å². The van der Waals surface area contributed by atoms with Crippen LogP contribution in [0.5, 0.6) is 11.5 Å². The van der Waals surface area contributed by atoms with Gasteiger partial charge < -0.3 is 9.47 Å². The van der Waals surface area contributed by atoms with Crippen molar-refractivity contribution in [3.8, 4) is 22.1 Å². The maximum atomic E-state index is 5.60. The number of hydrogen-bond acceptors (Lipinski definition) is 5. The summed E-state index contributed by atoms with van der Waals surface area (Å²) in [4.78, 5) is 5.27. The number of nitrogens with zero attached hydrogens (tertiary/aromatic N) is 2. The van der Waals surface area contributed by atoms with Crippen molar-refractivity contribution in [2.75, 3.05) is 14.2 Å². The minimum atomic E-state index is -0.342. The first-order valence-electron chi connectivity index (χ1n) is 9.68. The molecule has 1 unspecified atom stereocenters. The summed E-state index contributed by atoms with van der Waals surface area (Å²) in [6, 6.07) is 16.7. The number of methoxy groups -OCH3 is 2. The molecule has 0 amide bonds. The highest BCUT2D eigenvalue weighted by Gasteiger charge is 2.37. The van der Waals surface area contributed by atoms with Crippen LogP contribution in [0.4, 0.5) is 0 Å². The van der Waals surface area contributed by atoms with Gasteiger partial charge in [0, 0.05) is 29.3 Å². The number of benzene rings is 2. The predicted octanol–water partition coefficient (Wildman–Crippen LogP) is 5.11. The Kier molecular flexibility index (Phi) is 4.64. The van der Waals surface area contributed by atoms with Gasteiger partial charge in [-0.25, -0.2) is 0 Å². The van der Waals surface area contributed by atoms with E-state index >= 15 is 0 Å². The monoisotopic (exact) mass is 415 g/mol. The minimum Gasteiger partial charge on any atom is -0.493 e. The molecule has 0 bridgehead atoms. The van der Waals surface area contributed by atoms with Gasteiger partial charge in [-0.05, 0) is 23.3 Å². The Morgan fingerprint density at radius 1 is 1.00 bits per heavy atom. The molecule has 5 rings (SSSR count). The van der Waals surface area contributed by atoms with Crippen molar-refractivity contribution in [3.05, 3.63) is 88.7 Å². The summed E-state index contributed by atoms with van der Waals surface area (Å²) < 4.78 is 11.1. The zero-order chi connectivity index (χ0) is 20.6. The van der Waals surface area contributed by atoms with Crippen LogP contribution in [0, 0.1) is 0 Å². The molecule has 0 saturated carbocycles. The number of thiazole rings is 1. The summed E-state index contributed by atoms with van der Waals surface area (Å²) >= 11 is 1.60. The molecular formula is C24H21N3O2S. The molecule has 6 heteroatoms. The highest BCUT2D eigenvalue weighted by molar-refractivity contribution is 7.13. The van der Waals surface area contributed by atoms with Gasteiger partial charge in [-0.3, -0.25) is 10.1 Å². The Morgan fingerprint density at radius 2 is 1.83 bits per heavy atom. The molecule has 2 heterocycles. The summed E-state index contributed by atoms with van der Waals surface area (Å²) in [5.41, 5.74) is 7.05. The van der Waals surface area contributed by atoms with Gasteiger partial charge in [0.2, 0.25) is 0 Å². The standard InChI is InChI=1S/C24H21N3O2S/c1-28-20-9-8-17(12-21(20)29-2)24(16-6-4-3-5-7-16)11-10-18-19(13-24)26-27-23(18)22-14-25-15-30-22/h3-12,14-15H,13H2,1-2H3,(H,26,27). The summed E-state index contributed by atoms with van der Waals surface area (Å²) in [5.74, 6) is 1.44. The van der Waals surface area contributed by atoms with E-state index in [9.17, 15) is 0 Å². The molecule has 2 aromatic heterocycles. The third kappa shape index (κ3) is 2.92. The molecule has 1 aliphatic carbocycles. The number of H-pyrrole nitrogens is 1. The van der Waals surface area contributed by atoms with Crippen LogP contribution in [-0.4, -0.2) is 29.4 Å². The van der Waals surface area contributed by atoms with Crippen molar-refractivity contribution in [3.63, 3.8) is 0 Å². The molecular weight excluding hydrogens is 394 g/mol. The minimum absolute atomic E-state index is 0.342. The van der Waals surface area contributed by atoms with E-state index in [0.717, 1.165) is 45.3 Å². The Hall–Kier alpha value is -3.38. The number of hydrogen-bond donors (Lipinski definition) is 1. The van der Waals surface area contributed by atoms with Crippen molar-refractivity contribution in [2.24, 2.45) is 0 Å². The molecule has 4 aromatic rings.